The maximum Gasteiger partial charge on any atom is 0.167 e. The van der Waals surface area contributed by atoms with E-state index in [0.29, 0.717) is 24.7 Å². The smallest absolute Gasteiger partial charge is 0.167 e. The van der Waals surface area contributed by atoms with Gasteiger partial charge in [0.15, 0.2) is 11.5 Å². The average Bonchev–Trinajstić information content (AvgIpc) is 2.94. The number of ether oxygens (including phenoxy) is 2. The maximum absolute atomic E-state index is 5.68. The quantitative estimate of drug-likeness (QED) is 0.761. The van der Waals surface area contributed by atoms with Gasteiger partial charge in [0.25, 0.3) is 0 Å². The zero-order valence-corrected chi connectivity index (χ0v) is 14.3. The summed E-state index contributed by atoms with van der Waals surface area (Å²) in [7, 11) is 3.22. The molecule has 1 atom stereocenters. The molecule has 22 heavy (non-hydrogen) atoms. The number of para-hydroxylation sites is 1. The number of nitrogens with two attached hydrogens (primary N) is 1. The highest BCUT2D eigenvalue weighted by molar-refractivity contribution is 5.90. The predicted molar refractivity (Wildman–Crippen MR) is 91.7 cm³/mol. The van der Waals surface area contributed by atoms with Crippen LogP contribution in [-0.4, -0.2) is 39.6 Å². The second-order valence-corrected chi connectivity index (χ2v) is 4.57. The zero-order chi connectivity index (χ0) is 14.4. The third-order valence-corrected chi connectivity index (χ3v) is 3.34. The van der Waals surface area contributed by atoms with Crippen LogP contribution in [0.1, 0.15) is 5.56 Å². The van der Waals surface area contributed by atoms with Gasteiger partial charge in [-0.1, -0.05) is 17.3 Å². The molecular weight excluding hydrogens is 329 g/mol. The molecule has 0 aromatic heterocycles. The summed E-state index contributed by atoms with van der Waals surface area (Å²) in [6.45, 7) is 2.51. The van der Waals surface area contributed by atoms with E-state index >= 15 is 0 Å². The molecule has 0 amide bonds. The summed E-state index contributed by atoms with van der Waals surface area (Å²) in [6.07, 6.45) is 0. The number of hydrogen-bond donors (Lipinski definition) is 2. The summed E-state index contributed by atoms with van der Waals surface area (Å²) in [6, 6.07) is 5.67. The first kappa shape index (κ1) is 20.8. The molecule has 0 spiro atoms. The SMILES string of the molecule is COc1cccc(CON=C2CNCC2CN)c1OC.Cl.Cl. The lowest BCUT2D eigenvalue weighted by molar-refractivity contribution is 0.126. The van der Waals surface area contributed by atoms with E-state index in [1.165, 1.54) is 0 Å². The Labute approximate surface area is 143 Å². The van der Waals surface area contributed by atoms with Crippen LogP contribution >= 0.6 is 24.8 Å². The second kappa shape index (κ2) is 10.5. The standard InChI is InChI=1S/C14H21N3O3.2ClH/c1-18-13-5-3-4-10(14(13)19-2)9-20-17-12-8-16-7-11(12)6-15;;/h3-5,11,16H,6-9,15H2,1-2H3;2*1H. The van der Waals surface area contributed by atoms with Gasteiger partial charge in [0.2, 0.25) is 0 Å². The molecule has 1 aromatic carbocycles. The van der Waals surface area contributed by atoms with Crippen LogP contribution in [0.4, 0.5) is 0 Å². The number of oxime groups is 1. The highest BCUT2D eigenvalue weighted by Gasteiger charge is 2.21. The maximum atomic E-state index is 5.68. The van der Waals surface area contributed by atoms with Gasteiger partial charge in [0, 0.05) is 31.1 Å². The Bertz CT molecular complexity index is 486. The second-order valence-electron chi connectivity index (χ2n) is 4.57. The van der Waals surface area contributed by atoms with Gasteiger partial charge in [0.1, 0.15) is 6.61 Å². The summed E-state index contributed by atoms with van der Waals surface area (Å²) in [5.41, 5.74) is 7.54. The van der Waals surface area contributed by atoms with Gasteiger partial charge in [-0.25, -0.2) is 0 Å². The lowest BCUT2D eigenvalue weighted by Crippen LogP contribution is -2.22. The fourth-order valence-electron chi connectivity index (χ4n) is 2.21. The van der Waals surface area contributed by atoms with Crippen LogP contribution in [-0.2, 0) is 11.4 Å². The Balaban J connectivity index is 0.00000220. The molecule has 1 fully saturated rings. The van der Waals surface area contributed by atoms with Crippen molar-refractivity contribution in [3.8, 4) is 11.5 Å². The Morgan fingerprint density at radius 3 is 2.68 bits per heavy atom. The lowest BCUT2D eigenvalue weighted by atomic mass is 10.1. The molecule has 1 heterocycles. The first-order valence-electron chi connectivity index (χ1n) is 6.59. The number of nitrogens with zero attached hydrogens (tertiary/aromatic N) is 1. The Morgan fingerprint density at radius 1 is 1.27 bits per heavy atom. The van der Waals surface area contributed by atoms with Crippen LogP contribution < -0.4 is 20.5 Å². The number of benzene rings is 1. The highest BCUT2D eigenvalue weighted by Crippen LogP contribution is 2.31. The minimum Gasteiger partial charge on any atom is -0.493 e. The average molecular weight is 352 g/mol. The summed E-state index contributed by atoms with van der Waals surface area (Å²) in [5.74, 6) is 1.63. The molecule has 0 saturated carbocycles. The molecule has 1 aromatic rings. The number of hydrogen-bond acceptors (Lipinski definition) is 6. The van der Waals surface area contributed by atoms with Crippen molar-refractivity contribution in [1.29, 1.82) is 0 Å². The van der Waals surface area contributed by atoms with Crippen molar-refractivity contribution in [3.63, 3.8) is 0 Å². The van der Waals surface area contributed by atoms with E-state index in [1.807, 2.05) is 18.2 Å². The number of nitrogens with one attached hydrogen (secondary N) is 1. The summed E-state index contributed by atoms with van der Waals surface area (Å²) in [4.78, 5) is 5.43. The highest BCUT2D eigenvalue weighted by atomic mass is 35.5. The van der Waals surface area contributed by atoms with Crippen LogP contribution in [0.3, 0.4) is 0 Å². The first-order valence-corrected chi connectivity index (χ1v) is 6.59. The number of rotatable bonds is 6. The molecule has 1 saturated heterocycles. The minimum atomic E-state index is 0. The predicted octanol–water partition coefficient (Wildman–Crippen LogP) is 1.60. The van der Waals surface area contributed by atoms with Gasteiger partial charge in [-0.2, -0.15) is 0 Å². The molecule has 0 bridgehead atoms. The van der Waals surface area contributed by atoms with Crippen molar-refractivity contribution in [2.75, 3.05) is 33.9 Å². The van der Waals surface area contributed by atoms with E-state index in [9.17, 15) is 0 Å². The van der Waals surface area contributed by atoms with Gasteiger partial charge in [0.05, 0.1) is 19.9 Å². The van der Waals surface area contributed by atoms with E-state index in [2.05, 4.69) is 10.5 Å². The first-order chi connectivity index (χ1) is 9.80. The molecule has 3 N–H and O–H groups in total. The van der Waals surface area contributed by atoms with Crippen LogP contribution in [0, 0.1) is 5.92 Å². The molecule has 0 aliphatic carbocycles. The molecule has 1 aliphatic rings. The third kappa shape index (κ3) is 4.91. The van der Waals surface area contributed by atoms with E-state index in [4.69, 9.17) is 20.0 Å². The summed E-state index contributed by atoms with van der Waals surface area (Å²) < 4.78 is 10.6. The van der Waals surface area contributed by atoms with Crippen molar-refractivity contribution < 1.29 is 14.3 Å². The van der Waals surface area contributed by atoms with Crippen LogP contribution in [0.15, 0.2) is 23.4 Å². The molecular formula is C14H23Cl2N3O3. The monoisotopic (exact) mass is 351 g/mol. The van der Waals surface area contributed by atoms with Crippen molar-refractivity contribution in [3.05, 3.63) is 23.8 Å². The summed E-state index contributed by atoms with van der Waals surface area (Å²) in [5, 5.41) is 7.41. The third-order valence-electron chi connectivity index (χ3n) is 3.34. The van der Waals surface area contributed by atoms with E-state index < -0.39 is 0 Å². The molecule has 1 unspecified atom stereocenters. The summed E-state index contributed by atoms with van der Waals surface area (Å²) >= 11 is 0. The molecule has 126 valence electrons. The molecule has 2 rings (SSSR count). The van der Waals surface area contributed by atoms with Crippen LogP contribution in [0.2, 0.25) is 0 Å². The molecule has 6 nitrogen and oxygen atoms in total. The molecule has 1 aliphatic heterocycles. The number of methoxy groups -OCH3 is 2. The van der Waals surface area contributed by atoms with Gasteiger partial charge in [-0.15, -0.1) is 24.8 Å². The van der Waals surface area contributed by atoms with E-state index in [1.54, 1.807) is 14.2 Å². The van der Waals surface area contributed by atoms with Crippen molar-refractivity contribution in [2.24, 2.45) is 16.8 Å². The van der Waals surface area contributed by atoms with Crippen LogP contribution in [0.25, 0.3) is 0 Å². The van der Waals surface area contributed by atoms with E-state index in [-0.39, 0.29) is 30.7 Å². The van der Waals surface area contributed by atoms with E-state index in [0.717, 1.165) is 24.4 Å². The lowest BCUT2D eigenvalue weighted by Gasteiger charge is -2.12. The van der Waals surface area contributed by atoms with Crippen molar-refractivity contribution >= 4 is 30.5 Å². The van der Waals surface area contributed by atoms with Gasteiger partial charge in [-0.05, 0) is 6.07 Å². The number of halogens is 2. The van der Waals surface area contributed by atoms with Gasteiger partial charge >= 0.3 is 0 Å². The fourth-order valence-corrected chi connectivity index (χ4v) is 2.21. The fraction of sp³-hybridized carbons (Fsp3) is 0.500. The Morgan fingerprint density at radius 2 is 2.05 bits per heavy atom. The van der Waals surface area contributed by atoms with Gasteiger partial charge < -0.3 is 25.4 Å². The van der Waals surface area contributed by atoms with Crippen molar-refractivity contribution in [2.45, 2.75) is 6.61 Å². The Hall–Kier alpha value is -1.21. The molecule has 0 radical (unpaired) electrons. The van der Waals surface area contributed by atoms with Gasteiger partial charge in [-0.3, -0.25) is 0 Å². The minimum absolute atomic E-state index is 0. The Kier molecular flexibility index (Phi) is 9.93. The normalized spacial score (nSPS) is 18.3. The van der Waals surface area contributed by atoms with Crippen LogP contribution in [0.5, 0.6) is 11.5 Å². The van der Waals surface area contributed by atoms with Crippen molar-refractivity contribution in [1.82, 2.24) is 5.32 Å². The zero-order valence-electron chi connectivity index (χ0n) is 12.7. The topological polar surface area (TPSA) is 78.1 Å². The molecule has 8 heteroatoms. The largest absolute Gasteiger partial charge is 0.493 e.